The Morgan fingerprint density at radius 3 is 2.22 bits per heavy atom. The van der Waals surface area contributed by atoms with Gasteiger partial charge in [0.15, 0.2) is 11.6 Å². The van der Waals surface area contributed by atoms with E-state index in [4.69, 9.17) is 10.5 Å². The van der Waals surface area contributed by atoms with Crippen LogP contribution in [0.25, 0.3) is 0 Å². The van der Waals surface area contributed by atoms with E-state index >= 15 is 0 Å². The van der Waals surface area contributed by atoms with Gasteiger partial charge in [-0.1, -0.05) is 0 Å². The van der Waals surface area contributed by atoms with E-state index in [9.17, 15) is 0 Å². The summed E-state index contributed by atoms with van der Waals surface area (Å²) < 4.78 is 5.19. The first-order valence-electron chi connectivity index (χ1n) is 9.25. The van der Waals surface area contributed by atoms with Crippen molar-refractivity contribution < 1.29 is 4.74 Å². The standard InChI is InChI=1S/C20H30N6O/c1-19(2)10-14(11-20(3,4)26-19)25-18-16(21)17(22-12-23-18)24-13-6-8-15(27-5)9-7-13/h6-9,12,14,26H,10-11,21H2,1-5H3,(H2,22,23,24,25). The highest BCUT2D eigenvalue weighted by atomic mass is 16.5. The zero-order valence-electron chi connectivity index (χ0n) is 16.8. The summed E-state index contributed by atoms with van der Waals surface area (Å²) in [6.07, 6.45) is 3.50. The average Bonchev–Trinajstić information content (AvgIpc) is 2.56. The van der Waals surface area contributed by atoms with E-state index < -0.39 is 0 Å². The Balaban J connectivity index is 1.76. The van der Waals surface area contributed by atoms with Crippen molar-refractivity contribution in [1.29, 1.82) is 0 Å². The Bertz CT molecular complexity index is 772. The zero-order chi connectivity index (χ0) is 19.7. The van der Waals surface area contributed by atoms with Crippen molar-refractivity contribution in [3.8, 4) is 5.75 Å². The number of aromatic nitrogens is 2. The fourth-order valence-electron chi connectivity index (χ4n) is 4.04. The molecule has 0 atom stereocenters. The molecule has 0 bridgehead atoms. The molecule has 1 fully saturated rings. The number of nitrogens with one attached hydrogen (secondary N) is 3. The Kier molecular flexibility index (Phi) is 5.15. The smallest absolute Gasteiger partial charge is 0.159 e. The summed E-state index contributed by atoms with van der Waals surface area (Å²) in [6.45, 7) is 8.90. The van der Waals surface area contributed by atoms with Gasteiger partial charge in [0, 0.05) is 22.8 Å². The zero-order valence-corrected chi connectivity index (χ0v) is 16.8. The van der Waals surface area contributed by atoms with Crippen LogP contribution in [0.4, 0.5) is 23.0 Å². The third kappa shape index (κ3) is 4.80. The quantitative estimate of drug-likeness (QED) is 0.639. The molecule has 0 saturated carbocycles. The van der Waals surface area contributed by atoms with E-state index in [0.717, 1.165) is 24.3 Å². The predicted octanol–water partition coefficient (Wildman–Crippen LogP) is 3.53. The van der Waals surface area contributed by atoms with E-state index in [-0.39, 0.29) is 17.1 Å². The van der Waals surface area contributed by atoms with Crippen LogP contribution in [0, 0.1) is 0 Å². The average molecular weight is 371 g/mol. The van der Waals surface area contributed by atoms with E-state index in [1.807, 2.05) is 24.3 Å². The third-order valence-corrected chi connectivity index (χ3v) is 4.77. The van der Waals surface area contributed by atoms with Gasteiger partial charge in [-0.05, 0) is 64.8 Å². The predicted molar refractivity (Wildman–Crippen MR) is 111 cm³/mol. The van der Waals surface area contributed by atoms with Gasteiger partial charge in [-0.3, -0.25) is 0 Å². The molecule has 1 aliphatic heterocycles. The molecule has 2 aromatic rings. The molecule has 5 N–H and O–H groups in total. The lowest BCUT2D eigenvalue weighted by atomic mass is 9.79. The number of nitrogens with two attached hydrogens (primary N) is 1. The Morgan fingerprint density at radius 1 is 1.04 bits per heavy atom. The topological polar surface area (TPSA) is 97.1 Å². The van der Waals surface area contributed by atoms with Gasteiger partial charge in [0.1, 0.15) is 17.8 Å². The number of nitrogen functional groups attached to an aromatic ring is 1. The lowest BCUT2D eigenvalue weighted by Crippen LogP contribution is -2.60. The monoisotopic (exact) mass is 370 g/mol. The van der Waals surface area contributed by atoms with Gasteiger partial charge in [0.2, 0.25) is 0 Å². The third-order valence-electron chi connectivity index (χ3n) is 4.77. The van der Waals surface area contributed by atoms with E-state index in [2.05, 4.69) is 53.6 Å². The maximum atomic E-state index is 6.35. The van der Waals surface area contributed by atoms with E-state index in [1.165, 1.54) is 6.33 Å². The summed E-state index contributed by atoms with van der Waals surface area (Å²) in [7, 11) is 1.64. The largest absolute Gasteiger partial charge is 0.497 e. The molecule has 0 unspecified atom stereocenters. The highest BCUT2D eigenvalue weighted by Gasteiger charge is 2.37. The Labute approximate surface area is 161 Å². The molecule has 7 heteroatoms. The summed E-state index contributed by atoms with van der Waals surface area (Å²) in [4.78, 5) is 8.67. The SMILES string of the molecule is COc1ccc(Nc2ncnc(NC3CC(C)(C)NC(C)(C)C3)c2N)cc1. The van der Waals surface area contributed by atoms with Crippen molar-refractivity contribution in [3.05, 3.63) is 30.6 Å². The molecule has 0 amide bonds. The van der Waals surface area contributed by atoms with Crippen molar-refractivity contribution in [2.45, 2.75) is 57.7 Å². The van der Waals surface area contributed by atoms with Crippen LogP contribution in [-0.4, -0.2) is 34.2 Å². The first kappa shape index (κ1) is 19.2. The lowest BCUT2D eigenvalue weighted by Gasteiger charge is -2.46. The van der Waals surface area contributed by atoms with Gasteiger partial charge in [0.05, 0.1) is 7.11 Å². The first-order chi connectivity index (χ1) is 12.7. The number of hydrogen-bond acceptors (Lipinski definition) is 7. The number of benzene rings is 1. The summed E-state index contributed by atoms with van der Waals surface area (Å²) in [5, 5.41) is 10.5. The van der Waals surface area contributed by atoms with Crippen LogP contribution < -0.4 is 26.4 Å². The van der Waals surface area contributed by atoms with Gasteiger partial charge in [-0.15, -0.1) is 0 Å². The molecule has 2 heterocycles. The fraction of sp³-hybridized carbons (Fsp3) is 0.500. The van der Waals surface area contributed by atoms with Crippen LogP contribution in [0.15, 0.2) is 30.6 Å². The number of ether oxygens (including phenoxy) is 1. The fourth-order valence-corrected chi connectivity index (χ4v) is 4.04. The molecule has 3 rings (SSSR count). The second-order valence-corrected chi connectivity index (χ2v) is 8.48. The minimum Gasteiger partial charge on any atom is -0.497 e. The molecule has 0 radical (unpaired) electrons. The van der Waals surface area contributed by atoms with Gasteiger partial charge >= 0.3 is 0 Å². The number of rotatable bonds is 5. The van der Waals surface area contributed by atoms with Gasteiger partial charge in [0.25, 0.3) is 0 Å². The van der Waals surface area contributed by atoms with Crippen LogP contribution in [0.1, 0.15) is 40.5 Å². The maximum Gasteiger partial charge on any atom is 0.159 e. The Hall–Kier alpha value is -2.54. The summed E-state index contributed by atoms with van der Waals surface area (Å²) in [5.74, 6) is 2.05. The maximum absolute atomic E-state index is 6.35. The summed E-state index contributed by atoms with van der Waals surface area (Å²) in [6, 6.07) is 7.90. The van der Waals surface area contributed by atoms with Crippen molar-refractivity contribution in [2.75, 3.05) is 23.5 Å². The molecule has 1 aromatic carbocycles. The second-order valence-electron chi connectivity index (χ2n) is 8.48. The van der Waals surface area contributed by atoms with Crippen LogP contribution in [0.2, 0.25) is 0 Å². The summed E-state index contributed by atoms with van der Waals surface area (Å²) >= 11 is 0. The van der Waals surface area contributed by atoms with Crippen molar-refractivity contribution in [1.82, 2.24) is 15.3 Å². The molecule has 27 heavy (non-hydrogen) atoms. The highest BCUT2D eigenvalue weighted by Crippen LogP contribution is 2.33. The Morgan fingerprint density at radius 2 is 1.63 bits per heavy atom. The van der Waals surface area contributed by atoms with Gasteiger partial charge in [-0.2, -0.15) is 0 Å². The molecule has 1 saturated heterocycles. The minimum absolute atomic E-state index is 0.0470. The minimum atomic E-state index is 0.0470. The summed E-state index contributed by atoms with van der Waals surface area (Å²) in [5.41, 5.74) is 7.84. The van der Waals surface area contributed by atoms with E-state index in [1.54, 1.807) is 7.11 Å². The molecule has 1 aromatic heterocycles. The van der Waals surface area contributed by atoms with Crippen molar-refractivity contribution in [2.24, 2.45) is 0 Å². The molecule has 0 spiro atoms. The van der Waals surface area contributed by atoms with Gasteiger partial charge in [-0.25, -0.2) is 9.97 Å². The number of hydrogen-bond donors (Lipinski definition) is 4. The number of methoxy groups -OCH3 is 1. The molecule has 146 valence electrons. The van der Waals surface area contributed by atoms with Crippen LogP contribution >= 0.6 is 0 Å². The molecule has 0 aliphatic carbocycles. The van der Waals surface area contributed by atoms with Gasteiger partial charge < -0.3 is 26.4 Å². The van der Waals surface area contributed by atoms with Crippen LogP contribution in [0.3, 0.4) is 0 Å². The molecule has 7 nitrogen and oxygen atoms in total. The molecular formula is C20H30N6O. The number of piperidine rings is 1. The number of anilines is 4. The highest BCUT2D eigenvalue weighted by molar-refractivity contribution is 5.77. The van der Waals surface area contributed by atoms with Crippen molar-refractivity contribution >= 4 is 23.0 Å². The normalized spacial score (nSPS) is 18.7. The molecular weight excluding hydrogens is 340 g/mol. The molecule has 1 aliphatic rings. The first-order valence-corrected chi connectivity index (χ1v) is 9.25. The van der Waals surface area contributed by atoms with Crippen LogP contribution in [-0.2, 0) is 0 Å². The van der Waals surface area contributed by atoms with Crippen LogP contribution in [0.5, 0.6) is 5.75 Å². The van der Waals surface area contributed by atoms with E-state index in [0.29, 0.717) is 17.3 Å². The second kappa shape index (κ2) is 7.23. The lowest BCUT2D eigenvalue weighted by molar-refractivity contribution is 0.170. The van der Waals surface area contributed by atoms with Crippen molar-refractivity contribution in [3.63, 3.8) is 0 Å². The number of nitrogens with zero attached hydrogens (tertiary/aromatic N) is 2.